The van der Waals surface area contributed by atoms with E-state index in [1.807, 2.05) is 49.4 Å². The molecule has 0 saturated heterocycles. The van der Waals surface area contributed by atoms with Gasteiger partial charge in [-0.1, -0.05) is 53.3 Å². The Balaban J connectivity index is 1.59. The van der Waals surface area contributed by atoms with Gasteiger partial charge in [-0.2, -0.15) is 0 Å². The van der Waals surface area contributed by atoms with Crippen molar-refractivity contribution in [1.82, 2.24) is 4.57 Å². The van der Waals surface area contributed by atoms with Crippen molar-refractivity contribution >= 4 is 46.6 Å². The van der Waals surface area contributed by atoms with Gasteiger partial charge < -0.3 is 24.3 Å². The molecule has 0 fully saturated rings. The highest BCUT2D eigenvalue weighted by Gasteiger charge is 2.32. The van der Waals surface area contributed by atoms with E-state index in [4.69, 9.17) is 35.5 Å². The molecule has 1 aliphatic heterocycles. The fraction of sp³-hybridized carbons (Fsp3) is 0.235. The van der Waals surface area contributed by atoms with Crippen LogP contribution in [-0.4, -0.2) is 43.4 Å². The fourth-order valence-corrected chi connectivity index (χ4v) is 6.33. The summed E-state index contributed by atoms with van der Waals surface area (Å²) in [5, 5.41) is 3.13. The van der Waals surface area contributed by atoms with Crippen LogP contribution in [0.15, 0.2) is 87.8 Å². The number of hydrogen-bond acceptors (Lipinski definition) is 9. The van der Waals surface area contributed by atoms with E-state index in [0.717, 1.165) is 5.56 Å². The molecule has 0 saturated carbocycles. The Kier molecular flexibility index (Phi) is 10.2. The Labute approximate surface area is 274 Å². The van der Waals surface area contributed by atoms with Gasteiger partial charge >= 0.3 is 5.97 Å². The molecule has 46 heavy (non-hydrogen) atoms. The molecule has 1 amide bonds. The molecule has 0 radical (unpaired) electrons. The van der Waals surface area contributed by atoms with Crippen LogP contribution in [0.3, 0.4) is 0 Å². The number of para-hydroxylation sites is 1. The predicted molar refractivity (Wildman–Crippen MR) is 177 cm³/mol. The van der Waals surface area contributed by atoms with Gasteiger partial charge in [-0.3, -0.25) is 14.2 Å². The molecule has 0 aliphatic carbocycles. The van der Waals surface area contributed by atoms with Crippen LogP contribution in [0.25, 0.3) is 6.08 Å². The summed E-state index contributed by atoms with van der Waals surface area (Å²) in [5.41, 5.74) is 2.41. The van der Waals surface area contributed by atoms with Crippen LogP contribution in [0, 0.1) is 0 Å². The Bertz CT molecular complexity index is 1970. The van der Waals surface area contributed by atoms with E-state index in [2.05, 4.69) is 5.32 Å². The van der Waals surface area contributed by atoms with Gasteiger partial charge in [-0.05, 0) is 74.4 Å². The van der Waals surface area contributed by atoms with Gasteiger partial charge in [0.2, 0.25) is 0 Å². The lowest BCUT2D eigenvalue weighted by Crippen LogP contribution is -2.40. The van der Waals surface area contributed by atoms with Gasteiger partial charge in [0, 0.05) is 5.69 Å². The summed E-state index contributed by atoms with van der Waals surface area (Å²) in [5.74, 6) is 0.223. The topological polar surface area (TPSA) is 117 Å². The lowest BCUT2D eigenvalue weighted by Gasteiger charge is -2.25. The Morgan fingerprint density at radius 2 is 1.78 bits per heavy atom. The number of ether oxygens (including phenoxy) is 4. The number of carbonyl (C=O) groups is 2. The van der Waals surface area contributed by atoms with Crippen molar-refractivity contribution in [2.24, 2.45) is 4.99 Å². The number of rotatable bonds is 11. The van der Waals surface area contributed by atoms with Crippen molar-refractivity contribution < 1.29 is 28.5 Å². The maximum absolute atomic E-state index is 14.1. The number of nitrogens with zero attached hydrogens (tertiary/aromatic N) is 2. The number of carbonyl (C=O) groups excluding carboxylic acids is 2. The summed E-state index contributed by atoms with van der Waals surface area (Å²) in [7, 11) is 1.45. The normalized spacial score (nSPS) is 14.3. The van der Waals surface area contributed by atoms with Crippen LogP contribution in [0.4, 0.5) is 5.69 Å². The standard InChI is InChI=1S/C34H32ClN3O7S/c1-5-43-24-14-12-22(13-15-24)30-29(32(40)37-23-10-8-7-9-11-23)20(3)36-34-38(30)33(41)27(46-34)18-21-16-25(35)31(26(17-21)42-4)45-19-28(39)44-6-2/h7-18,30H,5-6,19H2,1-4H3,(H,37,40)/b27-18-/t30-/m1/s1. The first-order chi connectivity index (χ1) is 22.2. The average molecular weight is 662 g/mol. The number of halogens is 1. The molecule has 0 spiro atoms. The SMILES string of the molecule is CCOC(=O)COc1c(Cl)cc(/C=c2\sc3n(c2=O)[C@H](c2ccc(OCC)cc2)C(C(=O)Nc2ccccc2)=C(C)N=3)cc1OC. The quantitative estimate of drug-likeness (QED) is 0.228. The molecule has 1 atom stereocenters. The van der Waals surface area contributed by atoms with Crippen molar-refractivity contribution in [2.75, 3.05) is 32.2 Å². The number of amides is 1. The van der Waals surface area contributed by atoms with Crippen LogP contribution >= 0.6 is 22.9 Å². The molecule has 2 heterocycles. The van der Waals surface area contributed by atoms with Crippen LogP contribution in [-0.2, 0) is 14.3 Å². The largest absolute Gasteiger partial charge is 0.494 e. The number of fused-ring (bicyclic) bond motifs is 1. The van der Waals surface area contributed by atoms with Gasteiger partial charge in [-0.15, -0.1) is 0 Å². The van der Waals surface area contributed by atoms with Gasteiger partial charge in [0.1, 0.15) is 5.75 Å². The first-order valence-corrected chi connectivity index (χ1v) is 15.7. The minimum Gasteiger partial charge on any atom is -0.494 e. The van der Waals surface area contributed by atoms with E-state index in [-0.39, 0.29) is 41.2 Å². The second-order valence-corrected chi connectivity index (χ2v) is 11.4. The highest BCUT2D eigenvalue weighted by atomic mass is 35.5. The lowest BCUT2D eigenvalue weighted by atomic mass is 9.95. The smallest absolute Gasteiger partial charge is 0.344 e. The van der Waals surface area contributed by atoms with Gasteiger partial charge in [-0.25, -0.2) is 9.79 Å². The number of benzene rings is 3. The molecule has 10 nitrogen and oxygen atoms in total. The number of nitrogens with one attached hydrogen (secondary N) is 1. The fourth-order valence-electron chi connectivity index (χ4n) is 5.01. The van der Waals surface area contributed by atoms with Crippen LogP contribution in [0.1, 0.15) is 37.9 Å². The molecular formula is C34H32ClN3O7S. The van der Waals surface area contributed by atoms with Crippen molar-refractivity contribution in [3.63, 3.8) is 0 Å². The Morgan fingerprint density at radius 1 is 1.04 bits per heavy atom. The predicted octanol–water partition coefficient (Wildman–Crippen LogP) is 4.88. The summed E-state index contributed by atoms with van der Waals surface area (Å²) in [4.78, 5) is 44.8. The molecular weight excluding hydrogens is 630 g/mol. The van der Waals surface area contributed by atoms with E-state index >= 15 is 0 Å². The number of aromatic nitrogens is 1. The van der Waals surface area contributed by atoms with Gasteiger partial charge in [0.05, 0.1) is 47.2 Å². The molecule has 1 aliphatic rings. The second kappa shape index (κ2) is 14.5. The van der Waals surface area contributed by atoms with Crippen molar-refractivity contribution in [2.45, 2.75) is 26.8 Å². The third kappa shape index (κ3) is 7.00. The van der Waals surface area contributed by atoms with E-state index < -0.39 is 12.0 Å². The van der Waals surface area contributed by atoms with Crippen molar-refractivity contribution in [1.29, 1.82) is 0 Å². The van der Waals surface area contributed by atoms with Crippen LogP contribution < -0.4 is 34.4 Å². The number of thiazole rings is 1. The first-order valence-electron chi connectivity index (χ1n) is 14.5. The molecule has 1 N–H and O–H groups in total. The van der Waals surface area contributed by atoms with Gasteiger partial charge in [0.25, 0.3) is 11.5 Å². The summed E-state index contributed by atoms with van der Waals surface area (Å²) in [6.45, 7) is 5.75. The maximum atomic E-state index is 14.1. The number of methoxy groups -OCH3 is 1. The minimum atomic E-state index is -0.755. The van der Waals surface area contributed by atoms with E-state index in [0.29, 0.717) is 44.2 Å². The molecule has 5 rings (SSSR count). The number of esters is 1. The highest BCUT2D eigenvalue weighted by Crippen LogP contribution is 2.37. The zero-order valence-corrected chi connectivity index (χ0v) is 27.2. The zero-order valence-electron chi connectivity index (χ0n) is 25.7. The molecule has 238 valence electrons. The molecule has 3 aromatic carbocycles. The minimum absolute atomic E-state index is 0.177. The maximum Gasteiger partial charge on any atom is 0.344 e. The highest BCUT2D eigenvalue weighted by molar-refractivity contribution is 7.07. The molecule has 4 aromatic rings. The molecule has 0 unspecified atom stereocenters. The molecule has 1 aromatic heterocycles. The monoisotopic (exact) mass is 661 g/mol. The third-order valence-electron chi connectivity index (χ3n) is 6.99. The van der Waals surface area contributed by atoms with Crippen molar-refractivity contribution in [3.05, 3.63) is 114 Å². The Morgan fingerprint density at radius 3 is 2.46 bits per heavy atom. The summed E-state index contributed by atoms with van der Waals surface area (Å²) in [6, 6.07) is 18.9. The van der Waals surface area contributed by atoms with Crippen molar-refractivity contribution in [3.8, 4) is 17.2 Å². The zero-order chi connectivity index (χ0) is 32.8. The third-order valence-corrected chi connectivity index (χ3v) is 8.26. The number of hydrogen-bond donors (Lipinski definition) is 1. The first kappa shape index (κ1) is 32.5. The van der Waals surface area contributed by atoms with Crippen LogP contribution in [0.5, 0.6) is 17.2 Å². The summed E-state index contributed by atoms with van der Waals surface area (Å²) < 4.78 is 23.5. The number of anilines is 1. The summed E-state index contributed by atoms with van der Waals surface area (Å²) in [6.07, 6.45) is 1.67. The molecule has 0 bridgehead atoms. The summed E-state index contributed by atoms with van der Waals surface area (Å²) >= 11 is 7.71. The van der Waals surface area contributed by atoms with Gasteiger partial charge in [0.15, 0.2) is 22.9 Å². The second-order valence-electron chi connectivity index (χ2n) is 10.0. The van der Waals surface area contributed by atoms with E-state index in [1.165, 1.54) is 23.0 Å². The number of allylic oxidation sites excluding steroid dienone is 1. The Hall–Kier alpha value is -4.87. The average Bonchev–Trinajstić information content (AvgIpc) is 3.34. The lowest BCUT2D eigenvalue weighted by molar-refractivity contribution is -0.145. The van der Waals surface area contributed by atoms with Crippen LogP contribution in [0.2, 0.25) is 5.02 Å². The molecule has 12 heteroatoms. The van der Waals surface area contributed by atoms with E-state index in [9.17, 15) is 14.4 Å². The van der Waals surface area contributed by atoms with E-state index in [1.54, 1.807) is 44.2 Å².